The lowest BCUT2D eigenvalue weighted by molar-refractivity contribution is 0.412. The van der Waals surface area contributed by atoms with Gasteiger partial charge in [0.05, 0.1) is 18.1 Å². The first kappa shape index (κ1) is 14.5. The second kappa shape index (κ2) is 7.05. The molecule has 2 rings (SSSR count). The normalized spacial score (nSPS) is 16.5. The Morgan fingerprint density at radius 3 is 2.84 bits per heavy atom. The molecule has 1 heterocycles. The molecule has 0 aromatic heterocycles. The van der Waals surface area contributed by atoms with E-state index in [0.717, 1.165) is 40.4 Å². The molecule has 1 saturated heterocycles. The van der Waals surface area contributed by atoms with Crippen LogP contribution in [-0.4, -0.2) is 42.6 Å². The number of benzene rings is 1. The maximum atomic E-state index is 6.02. The summed E-state index contributed by atoms with van der Waals surface area (Å²) in [5.41, 5.74) is 7.13. The first-order valence-corrected chi connectivity index (χ1v) is 8.10. The number of halogens is 1. The molecule has 1 aliphatic rings. The lowest BCUT2D eigenvalue weighted by Crippen LogP contribution is -2.42. The standard InChI is InChI=1S/C13H18BrN3OS/c1-18-12-3-2-10(8-11(12)14)9-16-13(15)17-4-6-19-7-5-17/h2-3,8H,4-7,9H2,1H3,(H2,15,16). The predicted octanol–water partition coefficient (Wildman–Crippen LogP) is 2.32. The molecule has 6 heteroatoms. The topological polar surface area (TPSA) is 50.9 Å². The van der Waals surface area contributed by atoms with E-state index in [9.17, 15) is 0 Å². The number of ether oxygens (including phenoxy) is 1. The summed E-state index contributed by atoms with van der Waals surface area (Å²) in [6.45, 7) is 2.58. The highest BCUT2D eigenvalue weighted by molar-refractivity contribution is 9.10. The van der Waals surface area contributed by atoms with Crippen LogP contribution in [-0.2, 0) is 6.54 Å². The summed E-state index contributed by atoms with van der Waals surface area (Å²) in [7, 11) is 1.66. The van der Waals surface area contributed by atoms with E-state index in [0.29, 0.717) is 12.5 Å². The molecule has 0 aliphatic carbocycles. The molecular formula is C13H18BrN3OS. The van der Waals surface area contributed by atoms with Gasteiger partial charge in [0.25, 0.3) is 0 Å². The molecule has 0 bridgehead atoms. The molecule has 0 atom stereocenters. The summed E-state index contributed by atoms with van der Waals surface area (Å²) in [5.74, 6) is 3.73. The number of nitrogens with zero attached hydrogens (tertiary/aromatic N) is 2. The van der Waals surface area contributed by atoms with Gasteiger partial charge in [-0.3, -0.25) is 0 Å². The van der Waals surface area contributed by atoms with Crippen molar-refractivity contribution in [3.63, 3.8) is 0 Å². The van der Waals surface area contributed by atoms with Crippen LogP contribution >= 0.6 is 27.7 Å². The summed E-state index contributed by atoms with van der Waals surface area (Å²) in [6.07, 6.45) is 0. The first-order chi connectivity index (χ1) is 9.20. The smallest absolute Gasteiger partial charge is 0.191 e. The quantitative estimate of drug-likeness (QED) is 0.675. The number of guanidine groups is 1. The molecule has 1 aliphatic heterocycles. The summed E-state index contributed by atoms with van der Waals surface area (Å²) in [5, 5.41) is 0. The monoisotopic (exact) mass is 343 g/mol. The molecule has 0 spiro atoms. The average molecular weight is 344 g/mol. The van der Waals surface area contributed by atoms with E-state index in [1.165, 1.54) is 0 Å². The van der Waals surface area contributed by atoms with Crippen LogP contribution in [0.1, 0.15) is 5.56 Å². The van der Waals surface area contributed by atoms with Gasteiger partial charge in [-0.05, 0) is 33.6 Å². The zero-order valence-corrected chi connectivity index (χ0v) is 13.3. The molecule has 4 nitrogen and oxygen atoms in total. The SMILES string of the molecule is COc1ccc(CN=C(N)N2CCSCC2)cc1Br. The van der Waals surface area contributed by atoms with Crippen LogP contribution in [0, 0.1) is 0 Å². The van der Waals surface area contributed by atoms with Gasteiger partial charge in [-0.15, -0.1) is 0 Å². The van der Waals surface area contributed by atoms with E-state index in [1.807, 2.05) is 30.0 Å². The minimum atomic E-state index is 0.595. The number of rotatable bonds is 3. The Hall–Kier alpha value is -0.880. The zero-order valence-electron chi connectivity index (χ0n) is 10.9. The van der Waals surface area contributed by atoms with Crippen molar-refractivity contribution in [3.8, 4) is 5.75 Å². The summed E-state index contributed by atoms with van der Waals surface area (Å²) in [6, 6.07) is 5.96. The lowest BCUT2D eigenvalue weighted by atomic mass is 10.2. The maximum Gasteiger partial charge on any atom is 0.191 e. The van der Waals surface area contributed by atoms with Gasteiger partial charge in [-0.1, -0.05) is 6.07 Å². The molecule has 0 amide bonds. The number of hydrogen-bond donors (Lipinski definition) is 1. The maximum absolute atomic E-state index is 6.02. The number of nitrogens with two attached hydrogens (primary N) is 1. The Labute approximate surface area is 126 Å². The highest BCUT2D eigenvalue weighted by atomic mass is 79.9. The molecule has 0 radical (unpaired) electrons. The van der Waals surface area contributed by atoms with Crippen molar-refractivity contribution in [1.29, 1.82) is 0 Å². The molecular weight excluding hydrogens is 326 g/mol. The van der Waals surface area contributed by atoms with Gasteiger partial charge < -0.3 is 15.4 Å². The molecule has 1 aromatic carbocycles. The average Bonchev–Trinajstić information content (AvgIpc) is 2.46. The van der Waals surface area contributed by atoms with E-state index in [4.69, 9.17) is 10.5 Å². The fraction of sp³-hybridized carbons (Fsp3) is 0.462. The fourth-order valence-corrected chi connectivity index (χ4v) is 3.36. The van der Waals surface area contributed by atoms with Crippen molar-refractivity contribution in [2.75, 3.05) is 31.7 Å². The van der Waals surface area contributed by atoms with Gasteiger partial charge in [0, 0.05) is 24.6 Å². The van der Waals surface area contributed by atoms with E-state index in [1.54, 1.807) is 7.11 Å². The van der Waals surface area contributed by atoms with Crippen LogP contribution in [0.4, 0.5) is 0 Å². The van der Waals surface area contributed by atoms with Crippen molar-refractivity contribution in [1.82, 2.24) is 4.90 Å². The molecule has 2 N–H and O–H groups in total. The number of methoxy groups -OCH3 is 1. The molecule has 104 valence electrons. The Morgan fingerprint density at radius 1 is 1.47 bits per heavy atom. The molecule has 19 heavy (non-hydrogen) atoms. The second-order valence-corrected chi connectivity index (χ2v) is 6.32. The van der Waals surface area contributed by atoms with Crippen molar-refractivity contribution in [2.45, 2.75) is 6.54 Å². The first-order valence-electron chi connectivity index (χ1n) is 6.15. The van der Waals surface area contributed by atoms with Crippen LogP contribution < -0.4 is 10.5 Å². The van der Waals surface area contributed by atoms with Gasteiger partial charge >= 0.3 is 0 Å². The van der Waals surface area contributed by atoms with Crippen molar-refractivity contribution < 1.29 is 4.74 Å². The van der Waals surface area contributed by atoms with Crippen molar-refractivity contribution in [3.05, 3.63) is 28.2 Å². The zero-order chi connectivity index (χ0) is 13.7. The summed E-state index contributed by atoms with van der Waals surface area (Å²) >= 11 is 5.44. The Bertz CT molecular complexity index is 461. The number of thioether (sulfide) groups is 1. The molecule has 1 aromatic rings. The van der Waals surface area contributed by atoms with Gasteiger partial charge in [-0.25, -0.2) is 4.99 Å². The highest BCUT2D eigenvalue weighted by Crippen LogP contribution is 2.25. The molecule has 0 unspecified atom stereocenters. The third-order valence-corrected chi connectivity index (χ3v) is 4.54. The molecule has 0 saturated carbocycles. The van der Waals surface area contributed by atoms with Gasteiger partial charge in [0.15, 0.2) is 5.96 Å². The highest BCUT2D eigenvalue weighted by Gasteiger charge is 2.11. The summed E-state index contributed by atoms with van der Waals surface area (Å²) < 4.78 is 6.14. The van der Waals surface area contributed by atoms with Crippen LogP contribution in [0.5, 0.6) is 5.75 Å². The van der Waals surface area contributed by atoms with Gasteiger partial charge in [0.1, 0.15) is 5.75 Å². The third-order valence-electron chi connectivity index (χ3n) is 2.97. The van der Waals surface area contributed by atoms with E-state index in [-0.39, 0.29) is 0 Å². The lowest BCUT2D eigenvalue weighted by Gasteiger charge is -2.27. The minimum absolute atomic E-state index is 0.595. The van der Waals surface area contributed by atoms with E-state index >= 15 is 0 Å². The number of aliphatic imine (C=N–C) groups is 1. The van der Waals surface area contributed by atoms with Gasteiger partial charge in [0.2, 0.25) is 0 Å². The predicted molar refractivity (Wildman–Crippen MR) is 84.9 cm³/mol. The van der Waals surface area contributed by atoms with Crippen molar-refractivity contribution >= 4 is 33.7 Å². The fourth-order valence-electron chi connectivity index (χ4n) is 1.87. The van der Waals surface area contributed by atoms with Crippen LogP contribution in [0.25, 0.3) is 0 Å². The summed E-state index contributed by atoms with van der Waals surface area (Å²) in [4.78, 5) is 6.61. The Balaban J connectivity index is 1.98. The third kappa shape index (κ3) is 4.04. The minimum Gasteiger partial charge on any atom is -0.496 e. The van der Waals surface area contributed by atoms with Crippen LogP contribution in [0.15, 0.2) is 27.7 Å². The molecule has 1 fully saturated rings. The van der Waals surface area contributed by atoms with E-state index < -0.39 is 0 Å². The van der Waals surface area contributed by atoms with Crippen LogP contribution in [0.2, 0.25) is 0 Å². The van der Waals surface area contributed by atoms with Crippen molar-refractivity contribution in [2.24, 2.45) is 10.7 Å². The number of hydrogen-bond acceptors (Lipinski definition) is 3. The second-order valence-electron chi connectivity index (χ2n) is 4.24. The van der Waals surface area contributed by atoms with Gasteiger partial charge in [-0.2, -0.15) is 11.8 Å². The van der Waals surface area contributed by atoms with Crippen LogP contribution in [0.3, 0.4) is 0 Å². The Morgan fingerprint density at radius 2 is 2.21 bits per heavy atom. The largest absolute Gasteiger partial charge is 0.496 e. The Kier molecular flexibility index (Phi) is 5.39. The van der Waals surface area contributed by atoms with E-state index in [2.05, 4.69) is 25.8 Å².